The van der Waals surface area contributed by atoms with Gasteiger partial charge in [-0.3, -0.25) is 9.19 Å². The maximum atomic E-state index is 11.8. The van der Waals surface area contributed by atoms with E-state index in [1.807, 2.05) is 26.8 Å². The molecule has 0 aliphatic rings. The van der Waals surface area contributed by atoms with Gasteiger partial charge in [-0.15, -0.1) is 0 Å². The lowest BCUT2D eigenvalue weighted by atomic mass is 10.3. The Morgan fingerprint density at radius 1 is 1.47 bits per heavy atom. The van der Waals surface area contributed by atoms with Crippen LogP contribution in [0.15, 0.2) is 18.3 Å². The molecule has 0 saturated heterocycles. The van der Waals surface area contributed by atoms with Gasteiger partial charge in [-0.2, -0.15) is 0 Å². The van der Waals surface area contributed by atoms with Gasteiger partial charge in [0.05, 0.1) is 0 Å². The molecular formula is C11H16ClNOS. The van der Waals surface area contributed by atoms with Gasteiger partial charge in [-0.25, -0.2) is 0 Å². The molecule has 0 bridgehead atoms. The number of aryl methyl sites for hydroxylation is 1. The summed E-state index contributed by atoms with van der Waals surface area (Å²) in [5.74, 6) is 0.636. The molecule has 0 amide bonds. The van der Waals surface area contributed by atoms with Crippen molar-refractivity contribution >= 4 is 22.4 Å². The van der Waals surface area contributed by atoms with E-state index in [1.54, 1.807) is 12.3 Å². The number of pyridine rings is 1. The SMILES string of the molecule is CC(C)(C)[S@@](=O)CCc1cc(Cl)ccn1. The molecule has 15 heavy (non-hydrogen) atoms. The van der Waals surface area contributed by atoms with Crippen LogP contribution >= 0.6 is 11.6 Å². The van der Waals surface area contributed by atoms with E-state index in [0.29, 0.717) is 17.2 Å². The van der Waals surface area contributed by atoms with Crippen LogP contribution in [0.2, 0.25) is 5.02 Å². The zero-order valence-corrected chi connectivity index (χ0v) is 10.9. The molecule has 0 unspecified atom stereocenters. The molecule has 0 aliphatic heterocycles. The second kappa shape index (κ2) is 5.08. The highest BCUT2D eigenvalue weighted by Gasteiger charge is 2.18. The van der Waals surface area contributed by atoms with Crippen molar-refractivity contribution in [1.29, 1.82) is 0 Å². The van der Waals surface area contributed by atoms with Crippen LogP contribution in [-0.2, 0) is 17.2 Å². The van der Waals surface area contributed by atoms with E-state index in [9.17, 15) is 4.21 Å². The van der Waals surface area contributed by atoms with Crippen LogP contribution in [0.1, 0.15) is 26.5 Å². The second-order valence-corrected chi connectivity index (χ2v) is 7.14. The Kier molecular flexibility index (Phi) is 4.29. The van der Waals surface area contributed by atoms with Crippen LogP contribution in [-0.4, -0.2) is 19.7 Å². The highest BCUT2D eigenvalue weighted by molar-refractivity contribution is 7.86. The summed E-state index contributed by atoms with van der Waals surface area (Å²) in [6, 6.07) is 3.56. The highest BCUT2D eigenvalue weighted by atomic mass is 35.5. The molecule has 1 atom stereocenters. The van der Waals surface area contributed by atoms with Gasteiger partial charge in [0.15, 0.2) is 0 Å². The van der Waals surface area contributed by atoms with Crippen molar-refractivity contribution in [2.45, 2.75) is 31.9 Å². The third-order valence-corrected chi connectivity index (χ3v) is 4.18. The van der Waals surface area contributed by atoms with Crippen molar-refractivity contribution in [3.8, 4) is 0 Å². The molecule has 1 aromatic rings. The Labute approximate surface area is 98.5 Å². The molecule has 1 heterocycles. The quantitative estimate of drug-likeness (QED) is 0.820. The van der Waals surface area contributed by atoms with Gasteiger partial charge in [0.2, 0.25) is 0 Å². The minimum absolute atomic E-state index is 0.154. The van der Waals surface area contributed by atoms with Crippen LogP contribution in [0.5, 0.6) is 0 Å². The van der Waals surface area contributed by atoms with Crippen molar-refractivity contribution in [1.82, 2.24) is 4.98 Å². The predicted molar refractivity (Wildman–Crippen MR) is 65.7 cm³/mol. The van der Waals surface area contributed by atoms with E-state index in [2.05, 4.69) is 4.98 Å². The van der Waals surface area contributed by atoms with Gasteiger partial charge < -0.3 is 0 Å². The summed E-state index contributed by atoms with van der Waals surface area (Å²) in [5, 5.41) is 0.682. The normalized spacial score (nSPS) is 13.9. The molecule has 0 aromatic carbocycles. The van der Waals surface area contributed by atoms with Crippen LogP contribution in [0.25, 0.3) is 0 Å². The fourth-order valence-corrected chi connectivity index (χ4v) is 2.28. The van der Waals surface area contributed by atoms with Crippen molar-refractivity contribution < 1.29 is 4.21 Å². The first kappa shape index (κ1) is 12.7. The van der Waals surface area contributed by atoms with Crippen LogP contribution in [0.4, 0.5) is 0 Å². The Morgan fingerprint density at radius 2 is 2.13 bits per heavy atom. The number of halogens is 1. The Hall–Kier alpha value is -0.410. The fraction of sp³-hybridized carbons (Fsp3) is 0.545. The molecule has 0 radical (unpaired) electrons. The molecule has 0 aliphatic carbocycles. The average molecular weight is 246 g/mol. The van der Waals surface area contributed by atoms with E-state index >= 15 is 0 Å². The molecule has 84 valence electrons. The summed E-state index contributed by atoms with van der Waals surface area (Å²) < 4.78 is 11.6. The molecule has 0 N–H and O–H groups in total. The lowest BCUT2D eigenvalue weighted by molar-refractivity contribution is 0.647. The fourth-order valence-electron chi connectivity index (χ4n) is 1.09. The van der Waals surface area contributed by atoms with E-state index in [-0.39, 0.29) is 4.75 Å². The highest BCUT2D eigenvalue weighted by Crippen LogP contribution is 2.14. The molecule has 1 rings (SSSR count). The van der Waals surface area contributed by atoms with Crippen molar-refractivity contribution in [3.63, 3.8) is 0 Å². The van der Waals surface area contributed by atoms with E-state index in [1.165, 1.54) is 0 Å². The monoisotopic (exact) mass is 245 g/mol. The number of nitrogens with zero attached hydrogens (tertiary/aromatic N) is 1. The number of aromatic nitrogens is 1. The summed E-state index contributed by atoms with van der Waals surface area (Å²) in [6.07, 6.45) is 2.39. The lowest BCUT2D eigenvalue weighted by Crippen LogP contribution is -2.24. The van der Waals surface area contributed by atoms with E-state index in [4.69, 9.17) is 11.6 Å². The first-order valence-corrected chi connectivity index (χ1v) is 6.58. The summed E-state index contributed by atoms with van der Waals surface area (Å²) in [7, 11) is -0.828. The molecule has 2 nitrogen and oxygen atoms in total. The third kappa shape index (κ3) is 4.31. The molecular weight excluding hydrogens is 230 g/mol. The van der Waals surface area contributed by atoms with Gasteiger partial charge in [0.25, 0.3) is 0 Å². The molecule has 0 saturated carbocycles. The first-order valence-electron chi connectivity index (χ1n) is 4.88. The number of hydrogen-bond donors (Lipinski definition) is 0. The molecule has 4 heteroatoms. The maximum absolute atomic E-state index is 11.8. The van der Waals surface area contributed by atoms with Gasteiger partial charge >= 0.3 is 0 Å². The summed E-state index contributed by atoms with van der Waals surface area (Å²) in [5.41, 5.74) is 0.903. The van der Waals surface area contributed by atoms with E-state index < -0.39 is 10.8 Å². The standard InChI is InChI=1S/C11H16ClNOS/c1-11(2,3)15(14)7-5-10-8-9(12)4-6-13-10/h4,6,8H,5,7H2,1-3H3/t15-/m0/s1. The minimum atomic E-state index is -0.828. The van der Waals surface area contributed by atoms with Gasteiger partial charge in [0, 0.05) is 44.6 Å². The van der Waals surface area contributed by atoms with Gasteiger partial charge in [0.1, 0.15) is 0 Å². The van der Waals surface area contributed by atoms with Crippen molar-refractivity contribution in [2.24, 2.45) is 0 Å². The zero-order chi connectivity index (χ0) is 11.5. The van der Waals surface area contributed by atoms with Crippen molar-refractivity contribution in [3.05, 3.63) is 29.0 Å². The topological polar surface area (TPSA) is 30.0 Å². The van der Waals surface area contributed by atoms with Gasteiger partial charge in [-0.1, -0.05) is 11.6 Å². The molecule has 0 fully saturated rings. The Balaban J connectivity index is 2.55. The third-order valence-electron chi connectivity index (χ3n) is 2.01. The smallest absolute Gasteiger partial charge is 0.0439 e. The molecule has 1 aromatic heterocycles. The zero-order valence-electron chi connectivity index (χ0n) is 9.29. The maximum Gasteiger partial charge on any atom is 0.0439 e. The second-order valence-electron chi connectivity index (χ2n) is 4.38. The van der Waals surface area contributed by atoms with Crippen LogP contribution in [0, 0.1) is 0 Å². The summed E-state index contributed by atoms with van der Waals surface area (Å²) >= 11 is 5.83. The largest absolute Gasteiger partial charge is 0.261 e. The van der Waals surface area contributed by atoms with Gasteiger partial charge in [-0.05, 0) is 32.9 Å². The Bertz CT molecular complexity index is 360. The van der Waals surface area contributed by atoms with Crippen LogP contribution < -0.4 is 0 Å². The minimum Gasteiger partial charge on any atom is -0.261 e. The van der Waals surface area contributed by atoms with Crippen molar-refractivity contribution in [2.75, 3.05) is 5.75 Å². The first-order chi connectivity index (χ1) is 6.89. The Morgan fingerprint density at radius 3 is 2.67 bits per heavy atom. The van der Waals surface area contributed by atoms with Crippen LogP contribution in [0.3, 0.4) is 0 Å². The number of rotatable bonds is 3. The average Bonchev–Trinajstić information content (AvgIpc) is 2.12. The summed E-state index contributed by atoms with van der Waals surface area (Å²) in [4.78, 5) is 4.17. The molecule has 0 spiro atoms. The summed E-state index contributed by atoms with van der Waals surface area (Å²) in [6.45, 7) is 5.94. The van der Waals surface area contributed by atoms with E-state index in [0.717, 1.165) is 5.69 Å². The number of hydrogen-bond acceptors (Lipinski definition) is 2. The lowest BCUT2D eigenvalue weighted by Gasteiger charge is -2.17. The predicted octanol–water partition coefficient (Wildman–Crippen LogP) is 2.82.